The van der Waals surface area contributed by atoms with Crippen molar-refractivity contribution in [3.8, 4) is 0 Å². The summed E-state index contributed by atoms with van der Waals surface area (Å²) in [7, 11) is -10.9. The molecule has 0 amide bonds. The Labute approximate surface area is 112 Å². The van der Waals surface area contributed by atoms with Crippen molar-refractivity contribution in [3.05, 3.63) is 30.6 Å². The highest BCUT2D eigenvalue weighted by Gasteiger charge is 2.61. The number of hydrogen-bond donors (Lipinski definition) is 6. The van der Waals surface area contributed by atoms with Crippen LogP contribution in [0.3, 0.4) is 0 Å². The van der Waals surface area contributed by atoms with Crippen LogP contribution >= 0.6 is 15.2 Å². The lowest BCUT2D eigenvalue weighted by molar-refractivity contribution is -0.678. The maximum Gasteiger partial charge on any atom is 0.373 e. The van der Waals surface area contributed by atoms with E-state index in [9.17, 15) is 14.2 Å². The van der Waals surface area contributed by atoms with Crippen LogP contribution in [0.5, 0.6) is 0 Å². The third kappa shape index (κ3) is 2.45. The number of benzene rings is 1. The van der Waals surface area contributed by atoms with Gasteiger partial charge in [0.1, 0.15) is 6.54 Å². The topological polar surface area (TPSA) is 155 Å². The van der Waals surface area contributed by atoms with E-state index in [-0.39, 0.29) is 0 Å². The molecule has 1 aromatic heterocycles. The number of imidazole rings is 1. The summed E-state index contributed by atoms with van der Waals surface area (Å²) in [6.45, 7) is -0.953. The van der Waals surface area contributed by atoms with Gasteiger partial charge in [-0.1, -0.05) is 12.1 Å². The minimum Gasteiger partial charge on any atom is -0.365 e. The minimum atomic E-state index is -5.47. The number of para-hydroxylation sites is 2. The molecule has 0 saturated carbocycles. The molecule has 0 saturated heterocycles. The fourth-order valence-corrected chi connectivity index (χ4v) is 3.81. The fraction of sp³-hybridized carbons (Fsp3) is 0.222. The smallest absolute Gasteiger partial charge is 0.365 e. The SMILES string of the molecule is O=P(O)(O)C(O)(C[n+]1c[nH]c2ccccc21)P(=O)(O)O. The predicted molar refractivity (Wildman–Crippen MR) is 67.5 cm³/mol. The molecular formula is C9H13N2O7P2+. The van der Waals surface area contributed by atoms with E-state index in [4.69, 9.17) is 19.6 Å². The summed E-state index contributed by atoms with van der Waals surface area (Å²) in [6.07, 6.45) is 1.26. The fourth-order valence-electron chi connectivity index (χ4n) is 1.78. The van der Waals surface area contributed by atoms with Gasteiger partial charge in [-0.2, -0.15) is 0 Å². The van der Waals surface area contributed by atoms with Crippen molar-refractivity contribution in [3.63, 3.8) is 0 Å². The zero-order chi connectivity index (χ0) is 15.2. The molecule has 0 atom stereocenters. The summed E-state index contributed by atoms with van der Waals surface area (Å²) in [5.41, 5.74) is 1.03. The molecule has 6 N–H and O–H groups in total. The molecule has 2 aromatic rings. The van der Waals surface area contributed by atoms with Crippen LogP contribution in [0, 0.1) is 0 Å². The van der Waals surface area contributed by atoms with Gasteiger partial charge >= 0.3 is 20.3 Å². The third-order valence-corrected chi connectivity index (χ3v) is 6.62. The Morgan fingerprint density at radius 2 is 1.65 bits per heavy atom. The Morgan fingerprint density at radius 1 is 1.10 bits per heavy atom. The van der Waals surface area contributed by atoms with Crippen LogP contribution in [-0.4, -0.2) is 34.7 Å². The van der Waals surface area contributed by atoms with E-state index >= 15 is 0 Å². The van der Waals surface area contributed by atoms with Gasteiger partial charge in [0.05, 0.1) is 0 Å². The van der Waals surface area contributed by atoms with Crippen LogP contribution in [0.4, 0.5) is 0 Å². The monoisotopic (exact) mass is 323 g/mol. The van der Waals surface area contributed by atoms with Crippen molar-refractivity contribution >= 4 is 26.2 Å². The number of nitrogens with zero attached hydrogens (tertiary/aromatic N) is 1. The van der Waals surface area contributed by atoms with Crippen LogP contribution < -0.4 is 4.57 Å². The van der Waals surface area contributed by atoms with Crippen molar-refractivity contribution in [1.82, 2.24) is 4.98 Å². The normalized spacial score (nSPS) is 13.8. The van der Waals surface area contributed by atoms with Gasteiger partial charge < -0.3 is 24.7 Å². The number of nitrogens with one attached hydrogen (secondary N) is 1. The lowest BCUT2D eigenvalue weighted by Crippen LogP contribution is -2.46. The minimum absolute atomic E-state index is 0.438. The maximum atomic E-state index is 11.3. The van der Waals surface area contributed by atoms with Gasteiger partial charge in [-0.3, -0.25) is 9.13 Å². The van der Waals surface area contributed by atoms with Crippen molar-refractivity contribution in [1.29, 1.82) is 0 Å². The first kappa shape index (κ1) is 15.3. The molecule has 9 nitrogen and oxygen atoms in total. The van der Waals surface area contributed by atoms with E-state index < -0.39 is 26.8 Å². The molecule has 0 unspecified atom stereocenters. The van der Waals surface area contributed by atoms with Gasteiger partial charge in [-0.15, -0.1) is 0 Å². The molecule has 0 bridgehead atoms. The largest absolute Gasteiger partial charge is 0.373 e. The average Bonchev–Trinajstić information content (AvgIpc) is 2.70. The Morgan fingerprint density at radius 3 is 2.20 bits per heavy atom. The maximum absolute atomic E-state index is 11.3. The van der Waals surface area contributed by atoms with Crippen LogP contribution in [0.15, 0.2) is 30.6 Å². The highest BCUT2D eigenvalue weighted by atomic mass is 31.2. The van der Waals surface area contributed by atoms with Crippen molar-refractivity contribution in [2.45, 2.75) is 11.6 Å². The first-order chi connectivity index (χ1) is 9.06. The van der Waals surface area contributed by atoms with E-state index in [1.807, 2.05) is 0 Å². The summed E-state index contributed by atoms with van der Waals surface area (Å²) >= 11 is 0. The molecule has 20 heavy (non-hydrogen) atoms. The molecule has 0 aliphatic rings. The summed E-state index contributed by atoms with van der Waals surface area (Å²) in [5.74, 6) is 0. The molecule has 2 rings (SSSR count). The second kappa shape index (κ2) is 4.75. The molecule has 0 fully saturated rings. The van der Waals surface area contributed by atoms with E-state index in [2.05, 4.69) is 4.98 Å². The Kier molecular flexibility index (Phi) is 3.64. The second-order valence-electron chi connectivity index (χ2n) is 4.28. The molecule has 11 heteroatoms. The number of rotatable bonds is 4. The summed E-state index contributed by atoms with van der Waals surface area (Å²) < 4.78 is 23.7. The number of aromatic nitrogens is 2. The van der Waals surface area contributed by atoms with Gasteiger partial charge in [0.15, 0.2) is 11.0 Å². The number of H-pyrrole nitrogens is 1. The highest BCUT2D eigenvalue weighted by Crippen LogP contribution is 2.67. The summed E-state index contributed by atoms with van der Waals surface area (Å²) in [6, 6.07) is 6.59. The number of fused-ring (bicyclic) bond motifs is 1. The Bertz CT molecular complexity index is 709. The zero-order valence-electron chi connectivity index (χ0n) is 9.99. The molecular weight excluding hydrogens is 310 g/mol. The van der Waals surface area contributed by atoms with Crippen molar-refractivity contribution in [2.75, 3.05) is 0 Å². The lowest BCUT2D eigenvalue weighted by atomic mass is 10.3. The molecule has 1 heterocycles. The molecule has 110 valence electrons. The Hall–Kier alpha value is -1.05. The first-order valence-corrected chi connectivity index (χ1v) is 8.58. The number of hydrogen-bond acceptors (Lipinski definition) is 3. The van der Waals surface area contributed by atoms with Gasteiger partial charge in [0, 0.05) is 0 Å². The zero-order valence-corrected chi connectivity index (χ0v) is 11.8. The Balaban J connectivity index is 2.55. The summed E-state index contributed by atoms with van der Waals surface area (Å²) in [5, 5.41) is 6.38. The van der Waals surface area contributed by atoms with Gasteiger partial charge in [-0.05, 0) is 12.1 Å². The van der Waals surface area contributed by atoms with E-state index in [0.29, 0.717) is 11.0 Å². The molecule has 0 aliphatic carbocycles. The third-order valence-electron chi connectivity index (χ3n) is 2.90. The van der Waals surface area contributed by atoms with Gasteiger partial charge in [0.2, 0.25) is 6.33 Å². The molecule has 0 radical (unpaired) electrons. The van der Waals surface area contributed by atoms with E-state index in [1.165, 1.54) is 6.33 Å². The van der Waals surface area contributed by atoms with Crippen LogP contribution in [-0.2, 0) is 15.7 Å². The average molecular weight is 323 g/mol. The molecule has 0 spiro atoms. The van der Waals surface area contributed by atoms with Crippen LogP contribution in [0.1, 0.15) is 0 Å². The van der Waals surface area contributed by atoms with Gasteiger partial charge in [-0.25, -0.2) is 9.55 Å². The number of aromatic amines is 1. The van der Waals surface area contributed by atoms with E-state index in [0.717, 1.165) is 4.57 Å². The molecule has 0 aliphatic heterocycles. The summed E-state index contributed by atoms with van der Waals surface area (Å²) in [4.78, 5) is 39.1. The van der Waals surface area contributed by atoms with Crippen molar-refractivity contribution in [2.24, 2.45) is 0 Å². The van der Waals surface area contributed by atoms with Crippen LogP contribution in [0.2, 0.25) is 0 Å². The molecule has 1 aromatic carbocycles. The first-order valence-electron chi connectivity index (χ1n) is 5.35. The highest BCUT2D eigenvalue weighted by molar-refractivity contribution is 7.72. The van der Waals surface area contributed by atoms with Gasteiger partial charge in [0.25, 0.3) is 0 Å². The van der Waals surface area contributed by atoms with Crippen molar-refractivity contribution < 1.29 is 38.4 Å². The predicted octanol–water partition coefficient (Wildman–Crippen LogP) is -0.543. The second-order valence-corrected chi connectivity index (χ2v) is 8.29. The standard InChI is InChI=1S/C9H12N2O7P2/c12-9(19(13,14)15,20(16,17)18)5-11-6-10-7-3-1-2-4-8(7)11/h1-4,6,12H,5H2,(H4,13,14,15,16,17,18)/p+1. The lowest BCUT2D eigenvalue weighted by Gasteiger charge is -2.27. The number of aliphatic hydroxyl groups is 1. The van der Waals surface area contributed by atoms with E-state index in [1.54, 1.807) is 24.3 Å². The van der Waals surface area contributed by atoms with Crippen LogP contribution in [0.25, 0.3) is 11.0 Å². The quantitative estimate of drug-likeness (QED) is 0.326.